The Morgan fingerprint density at radius 3 is 2.92 bits per heavy atom. The molecule has 1 aliphatic rings. The van der Waals surface area contributed by atoms with Gasteiger partial charge in [-0.2, -0.15) is 4.68 Å². The second-order valence-electron chi connectivity index (χ2n) is 5.06. The lowest BCUT2D eigenvalue weighted by Gasteiger charge is -2.13. The molecule has 1 atom stereocenters. The Bertz CT molecular complexity index is 854. The van der Waals surface area contributed by atoms with Crippen molar-refractivity contribution in [2.75, 3.05) is 18.0 Å². The van der Waals surface area contributed by atoms with Crippen molar-refractivity contribution in [3.05, 3.63) is 34.2 Å². The molecule has 1 aromatic carbocycles. The number of carbonyl (C=O) groups excluding carboxylic acids is 1. The molecule has 0 saturated heterocycles. The molecular formula is C14H15N5O4S. The molecule has 24 heavy (non-hydrogen) atoms. The highest BCUT2D eigenvalue weighted by molar-refractivity contribution is 8.00. The van der Waals surface area contributed by atoms with Gasteiger partial charge in [-0.25, -0.2) is 0 Å². The molecule has 9 nitrogen and oxygen atoms in total. The quantitative estimate of drug-likeness (QED) is 0.605. The summed E-state index contributed by atoms with van der Waals surface area (Å²) in [6.07, 6.45) is 0. The lowest BCUT2D eigenvalue weighted by atomic mass is 10.2. The van der Waals surface area contributed by atoms with Crippen LogP contribution in [0.1, 0.15) is 12.6 Å². The monoisotopic (exact) mass is 349 g/mol. The molecule has 0 radical (unpaired) electrons. The third-order valence-electron chi connectivity index (χ3n) is 3.31. The van der Waals surface area contributed by atoms with Gasteiger partial charge in [-0.15, -0.1) is 10.2 Å². The van der Waals surface area contributed by atoms with Crippen molar-refractivity contribution in [2.45, 2.75) is 24.3 Å². The number of nitrogens with one attached hydrogen (secondary N) is 1. The molecule has 0 spiro atoms. The summed E-state index contributed by atoms with van der Waals surface area (Å²) < 4.78 is 11.4. The zero-order valence-electron chi connectivity index (χ0n) is 13.0. The fraction of sp³-hybridized carbons (Fsp3) is 0.286. The molecule has 1 aromatic heterocycles. The lowest BCUT2D eigenvalue weighted by Crippen LogP contribution is -2.33. The Kier molecular flexibility index (Phi) is 4.30. The van der Waals surface area contributed by atoms with E-state index in [2.05, 4.69) is 15.5 Å². The van der Waals surface area contributed by atoms with E-state index in [-0.39, 0.29) is 23.6 Å². The number of carbonyl (C=O) groups is 1. The van der Waals surface area contributed by atoms with Crippen molar-refractivity contribution in [1.82, 2.24) is 14.9 Å². The van der Waals surface area contributed by atoms with Crippen molar-refractivity contribution in [3.63, 3.8) is 0 Å². The minimum atomic E-state index is -0.540. The van der Waals surface area contributed by atoms with Gasteiger partial charge in [0.1, 0.15) is 5.69 Å². The summed E-state index contributed by atoms with van der Waals surface area (Å²) in [6.45, 7) is 3.36. The molecule has 2 aromatic rings. The van der Waals surface area contributed by atoms with Gasteiger partial charge >= 0.3 is 0 Å². The van der Waals surface area contributed by atoms with E-state index in [4.69, 9.17) is 15.3 Å². The van der Waals surface area contributed by atoms with E-state index in [0.29, 0.717) is 17.2 Å². The molecule has 126 valence electrons. The zero-order valence-corrected chi connectivity index (χ0v) is 13.8. The largest absolute Gasteiger partial charge is 0.454 e. The predicted octanol–water partition coefficient (Wildman–Crippen LogP) is 0.509. The number of thioether (sulfide) groups is 1. The number of amides is 1. The van der Waals surface area contributed by atoms with Gasteiger partial charge in [-0.1, -0.05) is 11.8 Å². The number of aromatic nitrogens is 3. The summed E-state index contributed by atoms with van der Waals surface area (Å²) in [6, 6.07) is 5.12. The van der Waals surface area contributed by atoms with Gasteiger partial charge in [-0.05, 0) is 26.0 Å². The van der Waals surface area contributed by atoms with Crippen LogP contribution in [0.3, 0.4) is 0 Å². The molecular weight excluding hydrogens is 334 g/mol. The van der Waals surface area contributed by atoms with Gasteiger partial charge in [0.05, 0.1) is 5.25 Å². The second-order valence-corrected chi connectivity index (χ2v) is 6.37. The molecule has 2 heterocycles. The predicted molar refractivity (Wildman–Crippen MR) is 87.7 cm³/mol. The van der Waals surface area contributed by atoms with Crippen LogP contribution >= 0.6 is 11.8 Å². The van der Waals surface area contributed by atoms with Gasteiger partial charge in [0.25, 0.3) is 5.56 Å². The van der Waals surface area contributed by atoms with E-state index in [0.717, 1.165) is 16.4 Å². The Morgan fingerprint density at radius 1 is 1.38 bits per heavy atom. The van der Waals surface area contributed by atoms with E-state index in [9.17, 15) is 9.59 Å². The molecule has 1 amide bonds. The molecule has 0 saturated carbocycles. The van der Waals surface area contributed by atoms with Gasteiger partial charge in [0, 0.05) is 11.8 Å². The number of rotatable bonds is 4. The third-order valence-corrected chi connectivity index (χ3v) is 4.37. The average Bonchev–Trinajstić information content (AvgIpc) is 3.03. The highest BCUT2D eigenvalue weighted by Crippen LogP contribution is 2.34. The van der Waals surface area contributed by atoms with Crippen LogP contribution in [0.15, 0.2) is 28.2 Å². The Hall–Kier alpha value is -2.75. The van der Waals surface area contributed by atoms with Crippen LogP contribution in [0.25, 0.3) is 0 Å². The zero-order chi connectivity index (χ0) is 17.3. The number of anilines is 1. The average molecular weight is 349 g/mol. The molecule has 0 bridgehead atoms. The van der Waals surface area contributed by atoms with E-state index in [1.165, 1.54) is 6.92 Å². The van der Waals surface area contributed by atoms with Gasteiger partial charge < -0.3 is 20.6 Å². The summed E-state index contributed by atoms with van der Waals surface area (Å²) in [7, 11) is 0. The van der Waals surface area contributed by atoms with E-state index in [1.54, 1.807) is 25.1 Å². The minimum absolute atomic E-state index is 0.166. The topological polar surface area (TPSA) is 121 Å². The van der Waals surface area contributed by atoms with Crippen LogP contribution < -0.4 is 26.2 Å². The summed E-state index contributed by atoms with van der Waals surface area (Å²) in [4.78, 5) is 24.0. The molecule has 0 fully saturated rings. The number of nitrogen functional groups attached to an aromatic ring is 1. The first-order chi connectivity index (χ1) is 11.5. The lowest BCUT2D eigenvalue weighted by molar-refractivity contribution is -0.115. The van der Waals surface area contributed by atoms with E-state index < -0.39 is 10.8 Å². The number of nitrogens with two attached hydrogens (primary N) is 1. The molecule has 0 unspecified atom stereocenters. The van der Waals surface area contributed by atoms with Crippen LogP contribution in [0.4, 0.5) is 5.69 Å². The SMILES string of the molecule is Cc1nnc(S[C@@H](C)C(=O)Nc2ccc3c(c2)OCO3)n(N)c1=O. The molecule has 3 N–H and O–H groups in total. The summed E-state index contributed by atoms with van der Waals surface area (Å²) >= 11 is 1.04. The van der Waals surface area contributed by atoms with Crippen LogP contribution in [-0.2, 0) is 4.79 Å². The first-order valence-electron chi connectivity index (χ1n) is 7.04. The molecule has 0 aliphatic carbocycles. The Morgan fingerprint density at radius 2 is 2.12 bits per heavy atom. The number of aryl methyl sites for hydroxylation is 1. The number of hydrogen-bond donors (Lipinski definition) is 2. The second kappa shape index (κ2) is 6.40. The summed E-state index contributed by atoms with van der Waals surface area (Å²) in [5.41, 5.74) is 0.326. The molecule has 3 rings (SSSR count). The number of ether oxygens (including phenoxy) is 2. The molecule has 10 heteroatoms. The highest BCUT2D eigenvalue weighted by Gasteiger charge is 2.20. The third kappa shape index (κ3) is 3.13. The minimum Gasteiger partial charge on any atom is -0.454 e. The van der Waals surface area contributed by atoms with E-state index in [1.807, 2.05) is 0 Å². The maximum Gasteiger partial charge on any atom is 0.294 e. The van der Waals surface area contributed by atoms with Crippen LogP contribution in [0.5, 0.6) is 11.5 Å². The smallest absolute Gasteiger partial charge is 0.294 e. The number of hydrogen-bond acceptors (Lipinski definition) is 8. The first-order valence-corrected chi connectivity index (χ1v) is 7.92. The number of fused-ring (bicyclic) bond motifs is 1. The van der Waals surface area contributed by atoms with Gasteiger partial charge in [-0.3, -0.25) is 9.59 Å². The van der Waals surface area contributed by atoms with Gasteiger partial charge in [0.2, 0.25) is 17.9 Å². The van der Waals surface area contributed by atoms with Crippen molar-refractivity contribution in [1.29, 1.82) is 0 Å². The fourth-order valence-electron chi connectivity index (χ4n) is 1.98. The van der Waals surface area contributed by atoms with Crippen molar-refractivity contribution in [2.24, 2.45) is 0 Å². The Balaban J connectivity index is 1.69. The maximum absolute atomic E-state index is 12.3. The van der Waals surface area contributed by atoms with Crippen molar-refractivity contribution in [3.8, 4) is 11.5 Å². The summed E-state index contributed by atoms with van der Waals surface area (Å²) in [5.74, 6) is 6.61. The highest BCUT2D eigenvalue weighted by atomic mass is 32.2. The molecule has 1 aliphatic heterocycles. The Labute approximate surface area is 141 Å². The van der Waals surface area contributed by atoms with Crippen LogP contribution in [-0.4, -0.2) is 32.8 Å². The summed E-state index contributed by atoms with van der Waals surface area (Å²) in [5, 5.41) is 9.97. The maximum atomic E-state index is 12.3. The van der Waals surface area contributed by atoms with Crippen molar-refractivity contribution < 1.29 is 14.3 Å². The first kappa shape index (κ1) is 16.1. The number of nitrogens with zero attached hydrogens (tertiary/aromatic N) is 3. The van der Waals surface area contributed by atoms with Gasteiger partial charge in [0.15, 0.2) is 11.5 Å². The van der Waals surface area contributed by atoms with Crippen molar-refractivity contribution >= 4 is 23.4 Å². The van der Waals surface area contributed by atoms with E-state index >= 15 is 0 Å². The number of benzene rings is 1. The van der Waals surface area contributed by atoms with Crippen LogP contribution in [0, 0.1) is 6.92 Å². The van der Waals surface area contributed by atoms with Crippen LogP contribution in [0.2, 0.25) is 0 Å². The standard InChI is InChI=1S/C14H15N5O4S/c1-7-13(21)19(15)14(18-17-7)24-8(2)12(20)16-9-3-4-10-11(5-9)23-6-22-10/h3-5,8H,6,15H2,1-2H3,(H,16,20)/t8-/m0/s1. The fourth-order valence-corrected chi connectivity index (χ4v) is 2.75. The normalized spacial score (nSPS) is 13.6.